The van der Waals surface area contributed by atoms with Crippen molar-refractivity contribution in [1.82, 2.24) is 15.1 Å². The Balaban J connectivity index is 2.16. The van der Waals surface area contributed by atoms with Crippen LogP contribution in [-0.2, 0) is 7.05 Å². The van der Waals surface area contributed by atoms with Crippen molar-refractivity contribution in [2.45, 2.75) is 39.3 Å². The third kappa shape index (κ3) is 3.41. The molecule has 20 heavy (non-hydrogen) atoms. The van der Waals surface area contributed by atoms with Gasteiger partial charge in [-0.25, -0.2) is 0 Å². The minimum atomic E-state index is 0.257. The Morgan fingerprint density at radius 2 is 2.15 bits per heavy atom. The number of halogens is 1. The molecule has 108 valence electrons. The summed E-state index contributed by atoms with van der Waals surface area (Å²) in [6.45, 7) is 6.41. The molecule has 3 nitrogen and oxygen atoms in total. The van der Waals surface area contributed by atoms with Crippen molar-refractivity contribution in [2.24, 2.45) is 7.05 Å². The first-order valence-corrected chi connectivity index (χ1v) is 7.40. The Hall–Kier alpha value is -1.32. The van der Waals surface area contributed by atoms with Crippen molar-refractivity contribution in [1.29, 1.82) is 0 Å². The molecule has 0 amide bonds. The van der Waals surface area contributed by atoms with Crippen LogP contribution >= 0.6 is 11.6 Å². The summed E-state index contributed by atoms with van der Waals surface area (Å²) in [5, 5.41) is 8.86. The summed E-state index contributed by atoms with van der Waals surface area (Å²) < 4.78 is 1.86. The zero-order chi connectivity index (χ0) is 14.7. The van der Waals surface area contributed by atoms with Crippen LogP contribution in [0.25, 0.3) is 0 Å². The maximum absolute atomic E-state index is 6.09. The molecule has 0 saturated carbocycles. The lowest BCUT2D eigenvalue weighted by molar-refractivity contribution is 0.455. The van der Waals surface area contributed by atoms with Crippen LogP contribution in [0.5, 0.6) is 0 Å². The number of nitrogens with zero attached hydrogens (tertiary/aromatic N) is 2. The monoisotopic (exact) mass is 291 g/mol. The van der Waals surface area contributed by atoms with Gasteiger partial charge in [0.15, 0.2) is 0 Å². The molecule has 0 bridgehead atoms. The maximum atomic E-state index is 6.09. The minimum absolute atomic E-state index is 0.257. The largest absolute Gasteiger partial charge is 0.303 e. The van der Waals surface area contributed by atoms with Gasteiger partial charge in [-0.05, 0) is 38.0 Å². The Labute approximate surface area is 126 Å². The summed E-state index contributed by atoms with van der Waals surface area (Å²) in [7, 11) is 1.96. The Morgan fingerprint density at radius 3 is 2.70 bits per heavy atom. The van der Waals surface area contributed by atoms with E-state index in [1.54, 1.807) is 0 Å². The third-order valence-corrected chi connectivity index (χ3v) is 3.86. The summed E-state index contributed by atoms with van der Waals surface area (Å²) >= 11 is 6.09. The van der Waals surface area contributed by atoms with E-state index in [1.165, 1.54) is 11.1 Å². The molecule has 1 N–H and O–H groups in total. The number of aromatic nitrogens is 2. The highest BCUT2D eigenvalue weighted by atomic mass is 35.5. The predicted octanol–water partition coefficient (Wildman–Crippen LogP) is 4.18. The lowest BCUT2D eigenvalue weighted by Crippen LogP contribution is -2.24. The highest BCUT2D eigenvalue weighted by Crippen LogP contribution is 2.25. The Bertz CT molecular complexity index is 577. The van der Waals surface area contributed by atoms with Gasteiger partial charge in [0.2, 0.25) is 0 Å². The molecular formula is C16H22ClN3. The lowest BCUT2D eigenvalue weighted by atomic mass is 10.0. The zero-order valence-corrected chi connectivity index (χ0v) is 13.3. The fraction of sp³-hybridized carbons (Fsp3) is 0.438. The molecule has 0 saturated heterocycles. The van der Waals surface area contributed by atoms with Crippen LogP contribution in [0.2, 0.25) is 5.02 Å². The normalized spacial score (nSPS) is 14.2. The zero-order valence-electron chi connectivity index (χ0n) is 12.5. The van der Waals surface area contributed by atoms with Crippen LogP contribution in [0.3, 0.4) is 0 Å². The van der Waals surface area contributed by atoms with E-state index in [4.69, 9.17) is 11.6 Å². The molecule has 0 spiro atoms. The van der Waals surface area contributed by atoms with Gasteiger partial charge in [-0.2, -0.15) is 5.10 Å². The summed E-state index contributed by atoms with van der Waals surface area (Å²) in [6, 6.07) is 8.62. The number of rotatable bonds is 5. The Morgan fingerprint density at radius 1 is 1.40 bits per heavy atom. The smallest absolute Gasteiger partial charge is 0.0641 e. The van der Waals surface area contributed by atoms with Crippen molar-refractivity contribution in [3.8, 4) is 0 Å². The highest BCUT2D eigenvalue weighted by Gasteiger charge is 2.17. The van der Waals surface area contributed by atoms with Gasteiger partial charge in [0, 0.05) is 35.9 Å². The van der Waals surface area contributed by atoms with Crippen molar-refractivity contribution in [3.63, 3.8) is 0 Å². The molecule has 1 heterocycles. The first-order chi connectivity index (χ1) is 9.51. The van der Waals surface area contributed by atoms with E-state index >= 15 is 0 Å². The van der Waals surface area contributed by atoms with Crippen LogP contribution in [0.1, 0.15) is 49.2 Å². The first kappa shape index (κ1) is 15.1. The van der Waals surface area contributed by atoms with E-state index < -0.39 is 0 Å². The minimum Gasteiger partial charge on any atom is -0.303 e. The molecule has 0 aliphatic carbocycles. The van der Waals surface area contributed by atoms with Crippen LogP contribution in [0.15, 0.2) is 30.5 Å². The topological polar surface area (TPSA) is 29.9 Å². The molecule has 2 rings (SSSR count). The van der Waals surface area contributed by atoms with E-state index in [2.05, 4.69) is 36.5 Å². The second kappa shape index (κ2) is 6.42. The van der Waals surface area contributed by atoms with Crippen molar-refractivity contribution >= 4 is 11.6 Å². The summed E-state index contributed by atoms with van der Waals surface area (Å²) in [5.41, 5.74) is 3.55. The van der Waals surface area contributed by atoms with Gasteiger partial charge in [-0.15, -0.1) is 0 Å². The van der Waals surface area contributed by atoms with Crippen LogP contribution in [-0.4, -0.2) is 9.78 Å². The quantitative estimate of drug-likeness (QED) is 0.895. The SMILES string of the molecule is CCC(NC(C)c1cn(C)nc1C)c1cccc(Cl)c1. The lowest BCUT2D eigenvalue weighted by Gasteiger charge is -2.22. The van der Waals surface area contributed by atoms with Crippen LogP contribution in [0, 0.1) is 6.92 Å². The number of aryl methyl sites for hydroxylation is 2. The van der Waals surface area contributed by atoms with Gasteiger partial charge in [-0.1, -0.05) is 30.7 Å². The molecule has 2 atom stereocenters. The number of nitrogens with one attached hydrogen (secondary N) is 1. The van der Waals surface area contributed by atoms with Gasteiger partial charge < -0.3 is 5.32 Å². The van der Waals surface area contributed by atoms with Crippen molar-refractivity contribution < 1.29 is 0 Å². The molecular weight excluding hydrogens is 270 g/mol. The predicted molar refractivity (Wildman–Crippen MR) is 84.0 cm³/mol. The molecule has 0 radical (unpaired) electrons. The summed E-state index contributed by atoms with van der Waals surface area (Å²) in [4.78, 5) is 0. The summed E-state index contributed by atoms with van der Waals surface area (Å²) in [6.07, 6.45) is 3.10. The van der Waals surface area contributed by atoms with E-state index in [-0.39, 0.29) is 6.04 Å². The highest BCUT2D eigenvalue weighted by molar-refractivity contribution is 6.30. The van der Waals surface area contributed by atoms with Crippen LogP contribution in [0.4, 0.5) is 0 Å². The van der Waals surface area contributed by atoms with Gasteiger partial charge in [0.1, 0.15) is 0 Å². The molecule has 2 unspecified atom stereocenters. The third-order valence-electron chi connectivity index (χ3n) is 3.63. The summed E-state index contributed by atoms with van der Waals surface area (Å²) in [5.74, 6) is 0. The second-order valence-corrected chi connectivity index (χ2v) is 5.68. The maximum Gasteiger partial charge on any atom is 0.0641 e. The molecule has 0 fully saturated rings. The van der Waals surface area contributed by atoms with E-state index in [1.807, 2.05) is 36.9 Å². The van der Waals surface area contributed by atoms with E-state index in [0.717, 1.165) is 17.1 Å². The Kier molecular flexibility index (Phi) is 4.84. The average Bonchev–Trinajstić information content (AvgIpc) is 2.75. The average molecular weight is 292 g/mol. The van der Waals surface area contributed by atoms with Crippen LogP contribution < -0.4 is 5.32 Å². The molecule has 0 aliphatic rings. The molecule has 2 aromatic rings. The molecule has 1 aromatic heterocycles. The fourth-order valence-corrected chi connectivity index (χ4v) is 2.81. The number of hydrogen-bond donors (Lipinski definition) is 1. The van der Waals surface area contributed by atoms with Gasteiger partial charge in [-0.3, -0.25) is 4.68 Å². The standard InChI is InChI=1S/C16H22ClN3/c1-5-16(13-7-6-8-14(17)9-13)18-11(2)15-10-20(4)19-12(15)3/h6-11,16,18H,5H2,1-4H3. The second-order valence-electron chi connectivity index (χ2n) is 5.25. The van der Waals surface area contributed by atoms with Gasteiger partial charge >= 0.3 is 0 Å². The van der Waals surface area contributed by atoms with Crippen molar-refractivity contribution in [3.05, 3.63) is 52.3 Å². The van der Waals surface area contributed by atoms with E-state index in [9.17, 15) is 0 Å². The molecule has 1 aromatic carbocycles. The number of hydrogen-bond acceptors (Lipinski definition) is 2. The van der Waals surface area contributed by atoms with Gasteiger partial charge in [0.25, 0.3) is 0 Å². The van der Waals surface area contributed by atoms with E-state index in [0.29, 0.717) is 6.04 Å². The van der Waals surface area contributed by atoms with Crippen molar-refractivity contribution in [2.75, 3.05) is 0 Å². The fourth-order valence-electron chi connectivity index (χ4n) is 2.61. The first-order valence-electron chi connectivity index (χ1n) is 7.03. The molecule has 0 aliphatic heterocycles. The molecule has 4 heteroatoms. The number of benzene rings is 1. The van der Waals surface area contributed by atoms with Gasteiger partial charge in [0.05, 0.1) is 5.69 Å².